The molecule has 122 valence electrons. The lowest BCUT2D eigenvalue weighted by Gasteiger charge is -2.14. The summed E-state index contributed by atoms with van der Waals surface area (Å²) in [5, 5.41) is 2.83. The number of carbonyl (C=O) groups is 1. The number of ether oxygens (including phenoxy) is 1. The van der Waals surface area contributed by atoms with Gasteiger partial charge in [-0.2, -0.15) is 0 Å². The lowest BCUT2D eigenvalue weighted by atomic mass is 10.3. The second kappa shape index (κ2) is 6.89. The van der Waals surface area contributed by atoms with Crippen LogP contribution in [0.15, 0.2) is 47.4 Å². The molecule has 0 heterocycles. The molecular weight excluding hydrogens is 340 g/mol. The van der Waals surface area contributed by atoms with Crippen molar-refractivity contribution in [1.82, 2.24) is 0 Å². The average Bonchev–Trinajstić information content (AvgIpc) is 2.48. The molecule has 23 heavy (non-hydrogen) atoms. The number of halogens is 1. The van der Waals surface area contributed by atoms with Crippen molar-refractivity contribution in [3.05, 3.63) is 47.5 Å². The summed E-state index contributed by atoms with van der Waals surface area (Å²) >= 11 is 5.88. The maximum absolute atomic E-state index is 12.6. The van der Waals surface area contributed by atoms with Crippen LogP contribution in [0.1, 0.15) is 6.92 Å². The zero-order valence-corrected chi connectivity index (χ0v) is 14.0. The summed E-state index contributed by atoms with van der Waals surface area (Å²) in [6.07, 6.45) is 0. The summed E-state index contributed by atoms with van der Waals surface area (Å²) in [6, 6.07) is 10.8. The Labute approximate surface area is 139 Å². The summed E-state index contributed by atoms with van der Waals surface area (Å²) in [4.78, 5) is 11.1. The standard InChI is InChI=1S/C15H15ClN2O4S/c1-10(19)17-12-5-3-4-6-13(12)18-23(20,21)15-9-11(16)7-8-14(15)22-2/h3-9,18H,1-2H3,(H,17,19). The molecule has 0 unspecified atom stereocenters. The highest BCUT2D eigenvalue weighted by molar-refractivity contribution is 7.92. The molecule has 0 aliphatic rings. The SMILES string of the molecule is COc1ccc(Cl)cc1S(=O)(=O)Nc1ccccc1NC(C)=O. The fourth-order valence-corrected chi connectivity index (χ4v) is 3.44. The zero-order valence-electron chi connectivity index (χ0n) is 12.5. The van der Waals surface area contributed by atoms with Crippen molar-refractivity contribution in [2.24, 2.45) is 0 Å². The van der Waals surface area contributed by atoms with Crippen LogP contribution in [0.3, 0.4) is 0 Å². The number of rotatable bonds is 5. The molecule has 2 N–H and O–H groups in total. The number of carbonyl (C=O) groups excluding carboxylic acids is 1. The number of sulfonamides is 1. The summed E-state index contributed by atoms with van der Waals surface area (Å²) in [5.41, 5.74) is 0.592. The molecule has 6 nitrogen and oxygen atoms in total. The third-order valence-corrected chi connectivity index (χ3v) is 4.52. The maximum Gasteiger partial charge on any atom is 0.265 e. The van der Waals surface area contributed by atoms with Crippen molar-refractivity contribution in [2.75, 3.05) is 17.1 Å². The van der Waals surface area contributed by atoms with E-state index in [9.17, 15) is 13.2 Å². The molecule has 2 aromatic carbocycles. The topological polar surface area (TPSA) is 84.5 Å². The molecule has 0 aromatic heterocycles. The molecule has 0 aliphatic heterocycles. The predicted molar refractivity (Wildman–Crippen MR) is 89.6 cm³/mol. The van der Waals surface area contributed by atoms with Crippen LogP contribution >= 0.6 is 11.6 Å². The van der Waals surface area contributed by atoms with Crippen LogP contribution in [0.4, 0.5) is 11.4 Å². The fourth-order valence-electron chi connectivity index (χ4n) is 1.93. The van der Waals surface area contributed by atoms with Crippen LogP contribution in [0, 0.1) is 0 Å². The zero-order chi connectivity index (χ0) is 17.0. The van der Waals surface area contributed by atoms with Gasteiger partial charge in [0.1, 0.15) is 10.6 Å². The van der Waals surface area contributed by atoms with E-state index in [0.717, 1.165) is 0 Å². The Hall–Kier alpha value is -2.25. The molecule has 0 saturated heterocycles. The van der Waals surface area contributed by atoms with Gasteiger partial charge in [-0.1, -0.05) is 23.7 Å². The van der Waals surface area contributed by atoms with Crippen LogP contribution in [0.2, 0.25) is 5.02 Å². The Morgan fingerprint density at radius 3 is 2.39 bits per heavy atom. The van der Waals surface area contributed by atoms with Gasteiger partial charge < -0.3 is 10.1 Å². The number of amides is 1. The second-order valence-corrected chi connectivity index (χ2v) is 6.71. The molecular formula is C15H15ClN2O4S. The Kier molecular flexibility index (Phi) is 5.12. The van der Waals surface area contributed by atoms with E-state index in [4.69, 9.17) is 16.3 Å². The van der Waals surface area contributed by atoms with Crippen molar-refractivity contribution in [2.45, 2.75) is 11.8 Å². The highest BCUT2D eigenvalue weighted by atomic mass is 35.5. The number of benzene rings is 2. The van der Waals surface area contributed by atoms with Gasteiger partial charge in [0.05, 0.1) is 18.5 Å². The van der Waals surface area contributed by atoms with E-state index in [2.05, 4.69) is 10.0 Å². The molecule has 0 spiro atoms. The Balaban J connectivity index is 2.44. The van der Waals surface area contributed by atoms with Crippen LogP contribution in [0.25, 0.3) is 0 Å². The Morgan fingerprint density at radius 2 is 1.78 bits per heavy atom. The first-order valence-corrected chi connectivity index (χ1v) is 8.42. The van der Waals surface area contributed by atoms with Gasteiger partial charge in [-0.05, 0) is 30.3 Å². The number of methoxy groups -OCH3 is 1. The van der Waals surface area contributed by atoms with E-state index < -0.39 is 10.0 Å². The Morgan fingerprint density at radius 1 is 1.13 bits per heavy atom. The van der Waals surface area contributed by atoms with Gasteiger partial charge >= 0.3 is 0 Å². The second-order valence-electron chi connectivity index (χ2n) is 4.63. The third-order valence-electron chi connectivity index (χ3n) is 2.90. The van der Waals surface area contributed by atoms with E-state index in [1.54, 1.807) is 24.3 Å². The minimum absolute atomic E-state index is 0.0925. The number of hydrogen-bond acceptors (Lipinski definition) is 4. The molecule has 0 atom stereocenters. The first-order valence-electron chi connectivity index (χ1n) is 6.56. The molecule has 1 amide bonds. The highest BCUT2D eigenvalue weighted by Gasteiger charge is 2.21. The van der Waals surface area contributed by atoms with E-state index in [0.29, 0.717) is 5.69 Å². The number of para-hydroxylation sites is 2. The quantitative estimate of drug-likeness (QED) is 0.864. The van der Waals surface area contributed by atoms with E-state index >= 15 is 0 Å². The van der Waals surface area contributed by atoms with Crippen molar-refractivity contribution in [3.8, 4) is 5.75 Å². The minimum atomic E-state index is -3.95. The molecule has 2 aromatic rings. The van der Waals surface area contributed by atoms with Crippen molar-refractivity contribution < 1.29 is 17.9 Å². The lowest BCUT2D eigenvalue weighted by molar-refractivity contribution is -0.114. The molecule has 0 aliphatic carbocycles. The minimum Gasteiger partial charge on any atom is -0.495 e. The van der Waals surface area contributed by atoms with E-state index in [1.165, 1.54) is 32.2 Å². The van der Waals surface area contributed by atoms with Crippen LogP contribution in [-0.4, -0.2) is 21.4 Å². The monoisotopic (exact) mass is 354 g/mol. The number of anilines is 2. The summed E-state index contributed by atoms with van der Waals surface area (Å²) < 4.78 is 32.7. The number of nitrogens with one attached hydrogen (secondary N) is 2. The molecule has 8 heteroatoms. The first kappa shape index (κ1) is 17.1. The normalized spacial score (nSPS) is 10.9. The van der Waals surface area contributed by atoms with E-state index in [1.807, 2.05) is 0 Å². The predicted octanol–water partition coefficient (Wildman–Crippen LogP) is 3.11. The summed E-state index contributed by atoms with van der Waals surface area (Å²) in [7, 11) is -2.58. The third kappa shape index (κ3) is 4.14. The summed E-state index contributed by atoms with van der Waals surface area (Å²) in [6.45, 7) is 1.34. The maximum atomic E-state index is 12.6. The largest absolute Gasteiger partial charge is 0.495 e. The van der Waals surface area contributed by atoms with Gasteiger partial charge in [0.2, 0.25) is 5.91 Å². The van der Waals surface area contributed by atoms with Gasteiger partial charge in [0.15, 0.2) is 0 Å². The first-order chi connectivity index (χ1) is 10.8. The van der Waals surface area contributed by atoms with Crippen molar-refractivity contribution in [3.63, 3.8) is 0 Å². The molecule has 2 rings (SSSR count). The van der Waals surface area contributed by atoms with Gasteiger partial charge in [-0.3, -0.25) is 9.52 Å². The van der Waals surface area contributed by atoms with Gasteiger partial charge in [0.25, 0.3) is 10.0 Å². The van der Waals surface area contributed by atoms with Crippen LogP contribution < -0.4 is 14.8 Å². The average molecular weight is 355 g/mol. The van der Waals surface area contributed by atoms with Gasteiger partial charge in [-0.25, -0.2) is 8.42 Å². The Bertz CT molecular complexity index is 837. The van der Waals surface area contributed by atoms with Gasteiger partial charge in [0, 0.05) is 11.9 Å². The van der Waals surface area contributed by atoms with E-state index in [-0.39, 0.29) is 27.3 Å². The molecule has 0 fully saturated rings. The van der Waals surface area contributed by atoms with Gasteiger partial charge in [-0.15, -0.1) is 0 Å². The smallest absolute Gasteiger partial charge is 0.265 e. The molecule has 0 bridgehead atoms. The van der Waals surface area contributed by atoms with Crippen molar-refractivity contribution in [1.29, 1.82) is 0 Å². The lowest BCUT2D eigenvalue weighted by Crippen LogP contribution is -2.16. The summed E-state index contributed by atoms with van der Waals surface area (Å²) in [5.74, 6) is -0.143. The fraction of sp³-hybridized carbons (Fsp3) is 0.133. The highest BCUT2D eigenvalue weighted by Crippen LogP contribution is 2.30. The number of hydrogen-bond donors (Lipinski definition) is 2. The van der Waals surface area contributed by atoms with Crippen LogP contribution in [-0.2, 0) is 14.8 Å². The van der Waals surface area contributed by atoms with Crippen LogP contribution in [0.5, 0.6) is 5.75 Å². The van der Waals surface area contributed by atoms with Crippen molar-refractivity contribution >= 4 is 38.9 Å². The molecule has 0 radical (unpaired) electrons. The molecule has 0 saturated carbocycles.